The molecule has 3 aromatic rings. The van der Waals surface area contributed by atoms with Crippen molar-refractivity contribution in [3.63, 3.8) is 0 Å². The summed E-state index contributed by atoms with van der Waals surface area (Å²) in [7, 11) is 3.93. The zero-order valence-corrected chi connectivity index (χ0v) is 16.9. The number of amides is 2. The molecule has 0 aliphatic rings. The van der Waals surface area contributed by atoms with Gasteiger partial charge in [0.15, 0.2) is 0 Å². The number of hydrogen-bond acceptors (Lipinski definition) is 3. The van der Waals surface area contributed by atoms with E-state index in [0.29, 0.717) is 11.1 Å². The molecule has 0 aromatic heterocycles. The fourth-order valence-corrected chi connectivity index (χ4v) is 2.85. The Kier molecular flexibility index (Phi) is 6.29. The van der Waals surface area contributed by atoms with Crippen LogP contribution in [-0.4, -0.2) is 25.9 Å². The van der Waals surface area contributed by atoms with E-state index in [9.17, 15) is 9.59 Å². The van der Waals surface area contributed by atoms with Crippen LogP contribution in [0.4, 0.5) is 17.1 Å². The number of hydrogen-bond donors (Lipinski definition) is 2. The fourth-order valence-electron chi connectivity index (χ4n) is 2.85. The first-order chi connectivity index (χ1) is 14.0. The number of nitrogens with one attached hydrogen (secondary N) is 2. The molecule has 29 heavy (non-hydrogen) atoms. The molecule has 3 rings (SSSR count). The molecule has 0 spiro atoms. The van der Waals surface area contributed by atoms with Crippen molar-refractivity contribution < 1.29 is 9.59 Å². The van der Waals surface area contributed by atoms with Crippen molar-refractivity contribution >= 4 is 28.9 Å². The number of benzene rings is 3. The molecule has 0 radical (unpaired) electrons. The number of nitrogens with zero attached hydrogens (tertiary/aromatic N) is 1. The van der Waals surface area contributed by atoms with Gasteiger partial charge in [0, 0.05) is 42.3 Å². The lowest BCUT2D eigenvalue weighted by Crippen LogP contribution is -2.14. The van der Waals surface area contributed by atoms with Crippen LogP contribution in [0.25, 0.3) is 0 Å². The first kappa shape index (κ1) is 20.1. The molecule has 0 aliphatic carbocycles. The Morgan fingerprint density at radius 3 is 1.48 bits per heavy atom. The molecule has 3 aromatic carbocycles. The lowest BCUT2D eigenvalue weighted by Gasteiger charge is -2.13. The Labute approximate surface area is 171 Å². The third-order valence-corrected chi connectivity index (χ3v) is 4.67. The third-order valence-electron chi connectivity index (χ3n) is 4.67. The van der Waals surface area contributed by atoms with Crippen molar-refractivity contribution in [2.45, 2.75) is 13.3 Å². The fraction of sp³-hybridized carbons (Fsp3) is 0.167. The molecular formula is C24H25N3O2. The molecule has 0 heterocycles. The highest BCUT2D eigenvalue weighted by Gasteiger charge is 2.10. The summed E-state index contributed by atoms with van der Waals surface area (Å²) in [4.78, 5) is 26.8. The smallest absolute Gasteiger partial charge is 0.255 e. The van der Waals surface area contributed by atoms with E-state index >= 15 is 0 Å². The average molecular weight is 387 g/mol. The van der Waals surface area contributed by atoms with E-state index in [1.54, 1.807) is 24.3 Å². The minimum Gasteiger partial charge on any atom is -0.378 e. The highest BCUT2D eigenvalue weighted by Crippen LogP contribution is 2.17. The van der Waals surface area contributed by atoms with Gasteiger partial charge in [0.1, 0.15) is 0 Å². The van der Waals surface area contributed by atoms with Gasteiger partial charge in [-0.3, -0.25) is 9.59 Å². The lowest BCUT2D eigenvalue weighted by molar-refractivity contribution is 0.101. The van der Waals surface area contributed by atoms with Crippen LogP contribution in [0.15, 0.2) is 72.8 Å². The maximum Gasteiger partial charge on any atom is 0.255 e. The molecule has 0 saturated heterocycles. The topological polar surface area (TPSA) is 61.4 Å². The van der Waals surface area contributed by atoms with Crippen LogP contribution in [0.5, 0.6) is 0 Å². The highest BCUT2D eigenvalue weighted by molar-refractivity contribution is 6.07. The number of rotatable bonds is 6. The summed E-state index contributed by atoms with van der Waals surface area (Å²) in [5.74, 6) is -0.426. The molecule has 0 unspecified atom stereocenters. The predicted molar refractivity (Wildman–Crippen MR) is 119 cm³/mol. The SMILES string of the molecule is CCc1ccc(NC(=O)c2ccc(C(=O)Nc3ccc(N(C)C)cc3)cc2)cc1. The number of anilines is 3. The van der Waals surface area contributed by atoms with Gasteiger partial charge in [0.25, 0.3) is 11.8 Å². The Morgan fingerprint density at radius 1 is 0.690 bits per heavy atom. The molecule has 0 atom stereocenters. The maximum atomic E-state index is 12.4. The summed E-state index contributed by atoms with van der Waals surface area (Å²) in [6.07, 6.45) is 0.956. The Bertz CT molecular complexity index is 976. The predicted octanol–water partition coefficient (Wildman–Crippen LogP) is 4.82. The largest absolute Gasteiger partial charge is 0.378 e. The summed E-state index contributed by atoms with van der Waals surface area (Å²) < 4.78 is 0. The van der Waals surface area contributed by atoms with E-state index in [1.807, 2.05) is 67.5 Å². The molecule has 0 aliphatic heterocycles. The molecule has 5 nitrogen and oxygen atoms in total. The van der Waals surface area contributed by atoms with Crippen LogP contribution in [-0.2, 0) is 6.42 Å². The minimum absolute atomic E-state index is 0.208. The number of carbonyl (C=O) groups excluding carboxylic acids is 2. The quantitative estimate of drug-likeness (QED) is 0.637. The normalized spacial score (nSPS) is 10.3. The van der Waals surface area contributed by atoms with Crippen molar-refractivity contribution in [2.24, 2.45) is 0 Å². The van der Waals surface area contributed by atoms with Crippen molar-refractivity contribution in [1.29, 1.82) is 0 Å². The van der Waals surface area contributed by atoms with E-state index in [4.69, 9.17) is 0 Å². The van der Waals surface area contributed by atoms with Crippen molar-refractivity contribution in [1.82, 2.24) is 0 Å². The van der Waals surface area contributed by atoms with Gasteiger partial charge in [0.05, 0.1) is 0 Å². The van der Waals surface area contributed by atoms with E-state index in [0.717, 1.165) is 23.5 Å². The third kappa shape index (κ3) is 5.23. The van der Waals surface area contributed by atoms with Crippen LogP contribution in [0, 0.1) is 0 Å². The van der Waals surface area contributed by atoms with E-state index in [2.05, 4.69) is 17.6 Å². The molecule has 5 heteroatoms. The highest BCUT2D eigenvalue weighted by atomic mass is 16.2. The van der Waals surface area contributed by atoms with Gasteiger partial charge in [-0.2, -0.15) is 0 Å². The maximum absolute atomic E-state index is 12.4. The second-order valence-corrected chi connectivity index (χ2v) is 6.98. The number of carbonyl (C=O) groups is 2. The van der Waals surface area contributed by atoms with Gasteiger partial charge in [-0.25, -0.2) is 0 Å². The summed E-state index contributed by atoms with van der Waals surface area (Å²) >= 11 is 0. The van der Waals surface area contributed by atoms with Crippen LogP contribution < -0.4 is 15.5 Å². The first-order valence-electron chi connectivity index (χ1n) is 9.55. The molecule has 0 bridgehead atoms. The molecular weight excluding hydrogens is 362 g/mol. The molecule has 2 N–H and O–H groups in total. The Hall–Kier alpha value is -3.60. The van der Waals surface area contributed by atoms with Gasteiger partial charge < -0.3 is 15.5 Å². The molecule has 0 saturated carbocycles. The van der Waals surface area contributed by atoms with Gasteiger partial charge in [0.2, 0.25) is 0 Å². The Morgan fingerprint density at radius 2 is 1.10 bits per heavy atom. The molecule has 2 amide bonds. The molecule has 148 valence electrons. The van der Waals surface area contributed by atoms with Crippen LogP contribution in [0.1, 0.15) is 33.2 Å². The van der Waals surface area contributed by atoms with Crippen molar-refractivity contribution in [3.05, 3.63) is 89.5 Å². The van der Waals surface area contributed by atoms with Crippen LogP contribution in [0.3, 0.4) is 0 Å². The summed E-state index contributed by atoms with van der Waals surface area (Å²) in [6, 6.07) is 22.0. The summed E-state index contributed by atoms with van der Waals surface area (Å²) in [5.41, 5.74) is 4.73. The standard InChI is InChI=1S/C24H25N3O2/c1-4-17-5-11-20(12-6-17)25-23(28)18-7-9-19(10-8-18)24(29)26-21-13-15-22(16-14-21)27(2)3/h5-16H,4H2,1-3H3,(H,25,28)(H,26,29). The summed E-state index contributed by atoms with van der Waals surface area (Å²) in [6.45, 7) is 2.09. The van der Waals surface area contributed by atoms with Crippen LogP contribution in [0.2, 0.25) is 0 Å². The molecule has 0 fully saturated rings. The van der Waals surface area contributed by atoms with E-state index < -0.39 is 0 Å². The van der Waals surface area contributed by atoms with Crippen molar-refractivity contribution in [2.75, 3.05) is 29.6 Å². The van der Waals surface area contributed by atoms with Gasteiger partial charge in [-0.15, -0.1) is 0 Å². The van der Waals surface area contributed by atoms with E-state index in [-0.39, 0.29) is 11.8 Å². The zero-order valence-electron chi connectivity index (χ0n) is 16.9. The minimum atomic E-state index is -0.218. The first-order valence-corrected chi connectivity index (χ1v) is 9.55. The summed E-state index contributed by atoms with van der Waals surface area (Å²) in [5, 5.41) is 5.73. The van der Waals surface area contributed by atoms with Crippen molar-refractivity contribution in [3.8, 4) is 0 Å². The van der Waals surface area contributed by atoms with Gasteiger partial charge in [-0.1, -0.05) is 19.1 Å². The van der Waals surface area contributed by atoms with Gasteiger partial charge >= 0.3 is 0 Å². The second kappa shape index (κ2) is 9.06. The average Bonchev–Trinajstić information content (AvgIpc) is 2.74. The van der Waals surface area contributed by atoms with E-state index in [1.165, 1.54) is 5.56 Å². The monoisotopic (exact) mass is 387 g/mol. The number of aryl methyl sites for hydroxylation is 1. The lowest BCUT2D eigenvalue weighted by atomic mass is 10.1. The second-order valence-electron chi connectivity index (χ2n) is 6.98. The zero-order chi connectivity index (χ0) is 20.8. The Balaban J connectivity index is 1.62. The van der Waals surface area contributed by atoms with Gasteiger partial charge in [-0.05, 0) is 72.6 Å². The van der Waals surface area contributed by atoms with Crippen LogP contribution >= 0.6 is 0 Å².